The normalized spacial score (nSPS) is 15.3. The maximum absolute atomic E-state index is 6.56. The van der Waals surface area contributed by atoms with Crippen molar-refractivity contribution in [1.29, 1.82) is 0 Å². The van der Waals surface area contributed by atoms with Gasteiger partial charge in [0.15, 0.2) is 33.3 Å². The minimum absolute atomic E-state index is 0.0982. The third-order valence-corrected chi connectivity index (χ3v) is 37.1. The van der Waals surface area contributed by atoms with Gasteiger partial charge in [-0.2, -0.15) is 0 Å². The first kappa shape index (κ1) is 67.0. The Balaban J connectivity index is 1.33. The van der Waals surface area contributed by atoms with Gasteiger partial charge in [-0.05, 0) is 144 Å². The SMILES string of the molecule is CC1(C)Cc2cc3[nH]c(cc4nc(cc5[nH]c(cc1n2)cc5-c1cc(OCCO[Si](C)(C)C(C)(C)C)cc(OCCO[Si](C)(C)C(C)(C)C)c1)CC4(C)C)cc3-c1cc(OCCO[Si](C)(C)C(C)(C)C)cc(OCCO[Si](C)(C)C(C)(C)C)c1. The van der Waals surface area contributed by atoms with Gasteiger partial charge >= 0.3 is 0 Å². The van der Waals surface area contributed by atoms with E-state index < -0.39 is 33.3 Å². The molecule has 0 radical (unpaired) electrons. The van der Waals surface area contributed by atoms with Gasteiger partial charge < -0.3 is 46.6 Å². The molecule has 0 atom stereocenters. The molecule has 12 nitrogen and oxygen atoms in total. The molecule has 16 heteroatoms. The van der Waals surface area contributed by atoms with Gasteiger partial charge in [0, 0.05) is 91.8 Å². The molecule has 5 aromatic rings. The van der Waals surface area contributed by atoms with E-state index in [1.807, 2.05) is 12.1 Å². The lowest BCUT2D eigenvalue weighted by Gasteiger charge is -2.36. The minimum atomic E-state index is -1.97. The summed E-state index contributed by atoms with van der Waals surface area (Å²) in [7, 11) is -7.88. The molecule has 5 heterocycles. The monoisotopic (exact) mass is 1220 g/mol. The zero-order valence-electron chi connectivity index (χ0n) is 56.2. The molecule has 2 aliphatic rings. The first-order valence-electron chi connectivity index (χ1n) is 30.7. The van der Waals surface area contributed by atoms with Gasteiger partial charge in [0.25, 0.3) is 0 Å². The van der Waals surface area contributed by atoms with E-state index in [1.165, 1.54) is 0 Å². The summed E-state index contributed by atoms with van der Waals surface area (Å²) in [5.41, 5.74) is 11.2. The van der Waals surface area contributed by atoms with Crippen LogP contribution in [-0.4, -0.2) is 106 Å². The Morgan fingerprint density at radius 2 is 0.631 bits per heavy atom. The zero-order valence-corrected chi connectivity index (χ0v) is 60.2. The molecule has 2 aromatic carbocycles. The van der Waals surface area contributed by atoms with Crippen molar-refractivity contribution in [3.05, 3.63) is 95.6 Å². The Labute approximate surface area is 509 Å². The Hall–Kier alpha value is -4.53. The van der Waals surface area contributed by atoms with Gasteiger partial charge in [-0.15, -0.1) is 0 Å². The van der Waals surface area contributed by atoms with E-state index >= 15 is 0 Å². The predicted octanol–water partition coefficient (Wildman–Crippen LogP) is 18.3. The van der Waals surface area contributed by atoms with Crippen LogP contribution in [0.5, 0.6) is 23.0 Å². The first-order valence-corrected chi connectivity index (χ1v) is 42.3. The number of aromatic amines is 2. The van der Waals surface area contributed by atoms with E-state index in [0.29, 0.717) is 75.9 Å². The summed E-state index contributed by atoms with van der Waals surface area (Å²) < 4.78 is 52.4. The van der Waals surface area contributed by atoms with Crippen molar-refractivity contribution in [1.82, 2.24) is 19.9 Å². The van der Waals surface area contributed by atoms with Crippen molar-refractivity contribution in [2.45, 2.75) is 207 Å². The lowest BCUT2D eigenvalue weighted by Crippen LogP contribution is -2.41. The minimum Gasteiger partial charge on any atom is -0.491 e. The molecule has 462 valence electrons. The fraction of sp³-hybridized carbons (Fsp3) is 0.588. The van der Waals surface area contributed by atoms with Gasteiger partial charge in [0.1, 0.15) is 49.4 Å². The second kappa shape index (κ2) is 24.9. The number of aromatic nitrogens is 4. The summed E-state index contributed by atoms with van der Waals surface area (Å²) in [4.78, 5) is 18.5. The van der Waals surface area contributed by atoms with Gasteiger partial charge in [-0.3, -0.25) is 9.97 Å². The van der Waals surface area contributed by atoms with Crippen LogP contribution in [0, 0.1) is 0 Å². The average molecular weight is 1220 g/mol. The molecule has 8 bridgehead atoms. The van der Waals surface area contributed by atoms with Gasteiger partial charge in [-0.1, -0.05) is 111 Å². The van der Waals surface area contributed by atoms with Crippen molar-refractivity contribution in [3.8, 4) is 45.3 Å². The zero-order chi connectivity index (χ0) is 62.3. The van der Waals surface area contributed by atoms with Crippen molar-refractivity contribution >= 4 is 55.3 Å². The highest BCUT2D eigenvalue weighted by Crippen LogP contribution is 2.43. The van der Waals surface area contributed by atoms with Crippen LogP contribution in [-0.2, 0) is 41.4 Å². The smallest absolute Gasteiger partial charge is 0.192 e. The summed E-state index contributed by atoms with van der Waals surface area (Å²) in [6.07, 6.45) is 1.50. The second-order valence-corrected chi connectivity index (χ2v) is 50.2. The Morgan fingerprint density at radius 1 is 0.369 bits per heavy atom. The Kier molecular flexibility index (Phi) is 19.9. The van der Waals surface area contributed by atoms with Gasteiger partial charge in [0.2, 0.25) is 0 Å². The molecule has 0 fully saturated rings. The largest absolute Gasteiger partial charge is 0.491 e. The maximum Gasteiger partial charge on any atom is 0.192 e. The molecule has 0 aliphatic carbocycles. The summed E-state index contributed by atoms with van der Waals surface area (Å²) in [6, 6.07) is 25.8. The Bertz CT molecular complexity index is 2960. The molecular formula is C68H106N4O8Si4. The highest BCUT2D eigenvalue weighted by atomic mass is 28.4. The molecule has 3 aromatic heterocycles. The summed E-state index contributed by atoms with van der Waals surface area (Å²) in [5, 5.41) is 0.393. The standard InChI is InChI=1S/C68H106N4O8Si4/c1-63(2,3)81(17,18)77-29-25-73-53-33-47(34-54(43-53)74-26-30-78-82(19,20)64(4,5)6)57-37-49-41-61-68(15,16)46-52(72-61)40-60-58(38-50(70-60)42-62-67(13,14)45-51(71-62)39-59(57)69-49)48-35-55(75-27-31-79-83(21,22)65(7,8)9)44-56(36-48)76-28-32-80-84(23,24)66(10,11)12/h33-44,69-70H,25-32,45-46H2,1-24H3. The molecule has 2 N–H and O–H groups in total. The van der Waals surface area contributed by atoms with E-state index in [2.05, 4.69) is 234 Å². The van der Waals surface area contributed by atoms with Gasteiger partial charge in [0.05, 0.1) is 26.4 Å². The van der Waals surface area contributed by atoms with Crippen LogP contribution in [0.15, 0.2) is 72.8 Å². The molecule has 7 rings (SSSR count). The number of hydrogen-bond donors (Lipinski definition) is 2. The number of ether oxygens (including phenoxy) is 4. The second-order valence-electron chi connectivity index (χ2n) is 31.0. The van der Waals surface area contributed by atoms with Crippen LogP contribution in [0.25, 0.3) is 44.3 Å². The van der Waals surface area contributed by atoms with Crippen LogP contribution in [0.2, 0.25) is 72.5 Å². The van der Waals surface area contributed by atoms with Crippen molar-refractivity contribution in [2.24, 2.45) is 0 Å². The number of nitrogens with one attached hydrogen (secondary N) is 2. The maximum atomic E-state index is 6.56. The Morgan fingerprint density at radius 3 is 0.881 bits per heavy atom. The van der Waals surface area contributed by atoms with E-state index in [9.17, 15) is 0 Å². The highest BCUT2D eigenvalue weighted by Gasteiger charge is 2.40. The molecule has 0 saturated heterocycles. The van der Waals surface area contributed by atoms with Crippen molar-refractivity contribution in [2.75, 3.05) is 52.9 Å². The number of benzene rings is 2. The van der Waals surface area contributed by atoms with E-state index in [4.69, 9.17) is 46.6 Å². The molecular weight excluding hydrogens is 1110 g/mol. The number of rotatable bonds is 22. The van der Waals surface area contributed by atoms with Gasteiger partial charge in [-0.25, -0.2) is 0 Å². The molecule has 2 aliphatic heterocycles. The summed E-state index contributed by atoms with van der Waals surface area (Å²) in [6.45, 7) is 58.2. The van der Waals surface area contributed by atoms with E-state index in [0.717, 1.165) is 79.9 Å². The lowest BCUT2D eigenvalue weighted by atomic mass is 9.87. The van der Waals surface area contributed by atoms with Crippen LogP contribution >= 0.6 is 0 Å². The topological polar surface area (TPSA) is 131 Å². The third-order valence-electron chi connectivity index (χ3n) is 19.0. The summed E-state index contributed by atoms with van der Waals surface area (Å²) >= 11 is 0. The van der Waals surface area contributed by atoms with Crippen molar-refractivity contribution < 1.29 is 36.7 Å². The van der Waals surface area contributed by atoms with Crippen molar-refractivity contribution in [3.63, 3.8) is 0 Å². The molecule has 0 spiro atoms. The quantitative estimate of drug-likeness (QED) is 0.0510. The molecule has 0 saturated carbocycles. The number of fused-ring (bicyclic) bond motifs is 8. The van der Waals surface area contributed by atoms with E-state index in [-0.39, 0.29) is 31.0 Å². The summed E-state index contributed by atoms with van der Waals surface area (Å²) in [5.74, 6) is 2.87. The predicted molar refractivity (Wildman–Crippen MR) is 360 cm³/mol. The first-order chi connectivity index (χ1) is 38.5. The van der Waals surface area contributed by atoms with Crippen LogP contribution in [0.3, 0.4) is 0 Å². The molecule has 84 heavy (non-hydrogen) atoms. The fourth-order valence-electron chi connectivity index (χ4n) is 9.35. The van der Waals surface area contributed by atoms with Crippen LogP contribution in [0.1, 0.15) is 134 Å². The highest BCUT2D eigenvalue weighted by molar-refractivity contribution is 6.75. The number of hydrogen-bond acceptors (Lipinski definition) is 10. The number of nitrogens with zero attached hydrogens (tertiary/aromatic N) is 2. The van der Waals surface area contributed by atoms with Crippen LogP contribution in [0.4, 0.5) is 0 Å². The lowest BCUT2D eigenvalue weighted by molar-refractivity contribution is 0.197. The average Bonchev–Trinajstić information content (AvgIpc) is 2.19. The molecule has 0 amide bonds. The van der Waals surface area contributed by atoms with E-state index in [1.54, 1.807) is 0 Å². The fourth-order valence-corrected chi connectivity index (χ4v) is 13.5. The number of H-pyrrole nitrogens is 2. The van der Waals surface area contributed by atoms with Crippen LogP contribution < -0.4 is 18.9 Å². The molecule has 0 unspecified atom stereocenters. The third kappa shape index (κ3) is 16.5.